The van der Waals surface area contributed by atoms with Gasteiger partial charge in [-0.25, -0.2) is 4.98 Å². The molecule has 0 radical (unpaired) electrons. The van der Waals surface area contributed by atoms with Gasteiger partial charge < -0.3 is 15.6 Å². The van der Waals surface area contributed by atoms with E-state index in [0.29, 0.717) is 11.5 Å². The number of aryl methyl sites for hydroxylation is 2. The Balaban J connectivity index is 2.13. The van der Waals surface area contributed by atoms with E-state index in [1.807, 2.05) is 30.5 Å². The Labute approximate surface area is 117 Å². The fraction of sp³-hybridized carbons (Fsp3) is 0.333. The highest BCUT2D eigenvalue weighted by Gasteiger charge is 2.05. The summed E-state index contributed by atoms with van der Waals surface area (Å²) in [6.45, 7) is 5.34. The molecule has 0 aliphatic rings. The van der Waals surface area contributed by atoms with Crippen LogP contribution in [-0.4, -0.2) is 24.7 Å². The molecule has 2 aromatic heterocycles. The van der Waals surface area contributed by atoms with Crippen molar-refractivity contribution in [3.8, 4) is 0 Å². The third-order valence-corrected chi connectivity index (χ3v) is 2.94. The van der Waals surface area contributed by atoms with Crippen LogP contribution in [0.2, 0.25) is 0 Å². The summed E-state index contributed by atoms with van der Waals surface area (Å²) in [4.78, 5) is 4.75. The maximum atomic E-state index is 5.64. The fourth-order valence-electron chi connectivity index (χ4n) is 1.75. The van der Waals surface area contributed by atoms with Crippen molar-refractivity contribution in [3.05, 3.63) is 35.5 Å². The Bertz CT molecular complexity index is 592. The molecule has 3 N–H and O–H groups in total. The highest BCUT2D eigenvalue weighted by molar-refractivity contribution is 7.80. The molecule has 0 saturated heterocycles. The molecule has 2 aromatic rings. The Morgan fingerprint density at radius 1 is 1.47 bits per heavy atom. The second-order valence-electron chi connectivity index (χ2n) is 4.13. The predicted octanol–water partition coefficient (Wildman–Crippen LogP) is 1.25. The number of hydrogen-bond donors (Lipinski definition) is 2. The molecule has 7 heteroatoms. The van der Waals surface area contributed by atoms with Crippen LogP contribution in [0.4, 0.5) is 5.82 Å². The van der Waals surface area contributed by atoms with Crippen LogP contribution >= 0.6 is 12.2 Å². The quantitative estimate of drug-likeness (QED) is 0.800. The van der Waals surface area contributed by atoms with Crippen molar-refractivity contribution in [2.75, 3.05) is 5.32 Å². The van der Waals surface area contributed by atoms with Crippen LogP contribution in [0, 0.1) is 6.92 Å². The molecular formula is C12H16N6S. The van der Waals surface area contributed by atoms with Gasteiger partial charge in [0.2, 0.25) is 0 Å². The van der Waals surface area contributed by atoms with Gasteiger partial charge in [0.1, 0.15) is 17.1 Å². The summed E-state index contributed by atoms with van der Waals surface area (Å²) >= 11 is 4.98. The van der Waals surface area contributed by atoms with E-state index in [-0.39, 0.29) is 0 Å². The number of anilines is 1. The molecule has 0 spiro atoms. The normalized spacial score (nSPS) is 10.4. The van der Waals surface area contributed by atoms with Crippen LogP contribution in [0.5, 0.6) is 0 Å². The standard InChI is InChI=1S/C12H16N6S/c1-3-18-7-15-17-11(18)6-14-10-5-9(12(13)19)4-8(2)16-10/h4-5,7H,3,6H2,1-2H3,(H2,13,19)(H,14,16). The number of aromatic nitrogens is 4. The Kier molecular flexibility index (Phi) is 4.06. The van der Waals surface area contributed by atoms with E-state index in [0.717, 1.165) is 29.4 Å². The molecule has 0 aliphatic carbocycles. The van der Waals surface area contributed by atoms with Crippen molar-refractivity contribution in [3.63, 3.8) is 0 Å². The number of nitrogens with zero attached hydrogens (tertiary/aromatic N) is 4. The van der Waals surface area contributed by atoms with Crippen LogP contribution in [-0.2, 0) is 13.1 Å². The second-order valence-corrected chi connectivity index (χ2v) is 4.57. The van der Waals surface area contributed by atoms with Crippen LogP contribution < -0.4 is 11.1 Å². The SMILES string of the molecule is CCn1cnnc1CNc1cc(C(N)=S)cc(C)n1. The van der Waals surface area contributed by atoms with Gasteiger partial charge in [-0.05, 0) is 26.0 Å². The van der Waals surface area contributed by atoms with E-state index in [9.17, 15) is 0 Å². The van der Waals surface area contributed by atoms with Crippen LogP contribution in [0.3, 0.4) is 0 Å². The van der Waals surface area contributed by atoms with Gasteiger partial charge in [0.15, 0.2) is 5.82 Å². The predicted molar refractivity (Wildman–Crippen MR) is 77.9 cm³/mol. The molecule has 0 aliphatic heterocycles. The maximum absolute atomic E-state index is 5.64. The molecule has 0 amide bonds. The highest BCUT2D eigenvalue weighted by atomic mass is 32.1. The van der Waals surface area contributed by atoms with Crippen LogP contribution in [0.25, 0.3) is 0 Å². The van der Waals surface area contributed by atoms with Crippen molar-refractivity contribution in [2.45, 2.75) is 26.9 Å². The molecule has 2 heterocycles. The fourth-order valence-corrected chi connectivity index (χ4v) is 1.87. The molecule has 0 bridgehead atoms. The zero-order valence-corrected chi connectivity index (χ0v) is 11.7. The lowest BCUT2D eigenvalue weighted by molar-refractivity contribution is 0.707. The van der Waals surface area contributed by atoms with Gasteiger partial charge in [0.25, 0.3) is 0 Å². The molecule has 0 atom stereocenters. The van der Waals surface area contributed by atoms with Crippen LogP contribution in [0.15, 0.2) is 18.5 Å². The topological polar surface area (TPSA) is 81.7 Å². The number of nitrogens with one attached hydrogen (secondary N) is 1. The van der Waals surface area contributed by atoms with Gasteiger partial charge in [-0.2, -0.15) is 0 Å². The minimum Gasteiger partial charge on any atom is -0.389 e. The first-order valence-electron chi connectivity index (χ1n) is 5.99. The largest absolute Gasteiger partial charge is 0.389 e. The molecule has 6 nitrogen and oxygen atoms in total. The summed E-state index contributed by atoms with van der Waals surface area (Å²) in [5, 5.41) is 11.1. The van der Waals surface area contributed by atoms with Crippen molar-refractivity contribution in [2.24, 2.45) is 5.73 Å². The summed E-state index contributed by atoms with van der Waals surface area (Å²) in [5.41, 5.74) is 7.31. The van der Waals surface area contributed by atoms with E-state index in [1.165, 1.54) is 0 Å². The molecule has 2 rings (SSSR count). The summed E-state index contributed by atoms with van der Waals surface area (Å²) in [5.74, 6) is 1.59. The number of hydrogen-bond acceptors (Lipinski definition) is 5. The summed E-state index contributed by atoms with van der Waals surface area (Å²) in [6.07, 6.45) is 1.71. The zero-order chi connectivity index (χ0) is 13.8. The average Bonchev–Trinajstić information content (AvgIpc) is 2.83. The van der Waals surface area contributed by atoms with E-state index in [4.69, 9.17) is 18.0 Å². The van der Waals surface area contributed by atoms with E-state index >= 15 is 0 Å². The summed E-state index contributed by atoms with van der Waals surface area (Å²) in [6, 6.07) is 3.70. The van der Waals surface area contributed by atoms with E-state index in [1.54, 1.807) is 6.33 Å². The minimum absolute atomic E-state index is 0.366. The van der Waals surface area contributed by atoms with Crippen molar-refractivity contribution in [1.29, 1.82) is 0 Å². The van der Waals surface area contributed by atoms with Gasteiger partial charge in [0, 0.05) is 17.8 Å². The molecule has 0 fully saturated rings. The number of pyridine rings is 1. The number of nitrogens with two attached hydrogens (primary N) is 1. The first-order chi connectivity index (χ1) is 9.10. The smallest absolute Gasteiger partial charge is 0.152 e. The average molecular weight is 276 g/mol. The number of thiocarbonyl (C=S) groups is 1. The molecule has 0 aromatic carbocycles. The maximum Gasteiger partial charge on any atom is 0.152 e. The Hall–Kier alpha value is -2.02. The van der Waals surface area contributed by atoms with Gasteiger partial charge in [-0.3, -0.25) is 0 Å². The lowest BCUT2D eigenvalue weighted by Gasteiger charge is -2.09. The van der Waals surface area contributed by atoms with E-state index in [2.05, 4.69) is 20.5 Å². The van der Waals surface area contributed by atoms with Gasteiger partial charge in [0.05, 0.1) is 6.54 Å². The Morgan fingerprint density at radius 2 is 2.26 bits per heavy atom. The molecule has 19 heavy (non-hydrogen) atoms. The van der Waals surface area contributed by atoms with Crippen molar-refractivity contribution >= 4 is 23.0 Å². The van der Waals surface area contributed by atoms with Crippen LogP contribution in [0.1, 0.15) is 24.0 Å². The van der Waals surface area contributed by atoms with E-state index < -0.39 is 0 Å². The van der Waals surface area contributed by atoms with Gasteiger partial charge in [-0.1, -0.05) is 12.2 Å². The third kappa shape index (κ3) is 3.25. The third-order valence-electron chi connectivity index (χ3n) is 2.70. The first kappa shape index (κ1) is 13.4. The monoisotopic (exact) mass is 276 g/mol. The van der Waals surface area contributed by atoms with Crippen molar-refractivity contribution in [1.82, 2.24) is 19.7 Å². The lowest BCUT2D eigenvalue weighted by Crippen LogP contribution is -2.12. The minimum atomic E-state index is 0.366. The van der Waals surface area contributed by atoms with Gasteiger partial charge >= 0.3 is 0 Å². The van der Waals surface area contributed by atoms with Crippen molar-refractivity contribution < 1.29 is 0 Å². The summed E-state index contributed by atoms with van der Waals surface area (Å²) < 4.78 is 1.97. The molecular weight excluding hydrogens is 260 g/mol. The first-order valence-corrected chi connectivity index (χ1v) is 6.40. The molecule has 0 saturated carbocycles. The van der Waals surface area contributed by atoms with Gasteiger partial charge in [-0.15, -0.1) is 10.2 Å². The Morgan fingerprint density at radius 3 is 2.95 bits per heavy atom. The number of rotatable bonds is 5. The molecule has 100 valence electrons. The second kappa shape index (κ2) is 5.75. The lowest BCUT2D eigenvalue weighted by atomic mass is 10.2. The summed E-state index contributed by atoms with van der Waals surface area (Å²) in [7, 11) is 0. The highest BCUT2D eigenvalue weighted by Crippen LogP contribution is 2.11. The molecule has 0 unspecified atom stereocenters. The zero-order valence-electron chi connectivity index (χ0n) is 10.9.